The minimum absolute atomic E-state index is 0.222. The lowest BCUT2D eigenvalue weighted by Gasteiger charge is -2.07. The van der Waals surface area contributed by atoms with Gasteiger partial charge < -0.3 is 10.6 Å². The van der Waals surface area contributed by atoms with E-state index in [0.717, 1.165) is 12.1 Å². The Balaban J connectivity index is 2.60. The highest BCUT2D eigenvalue weighted by Gasteiger charge is 2.14. The number of benzene rings is 1. The summed E-state index contributed by atoms with van der Waals surface area (Å²) in [5.74, 6) is -3.13. The van der Waals surface area contributed by atoms with Gasteiger partial charge in [0.05, 0.1) is 0 Å². The van der Waals surface area contributed by atoms with Crippen molar-refractivity contribution in [1.82, 2.24) is 5.32 Å². The Morgan fingerprint density at radius 3 is 2.39 bits per heavy atom. The Hall–Kier alpha value is -2.24. The number of amides is 2. The number of carbonyl (C=O) groups excluding carboxylic acids is 2. The Morgan fingerprint density at radius 2 is 1.83 bits per heavy atom. The monoisotopic (exact) mass is 254 g/mol. The van der Waals surface area contributed by atoms with Crippen LogP contribution >= 0.6 is 0 Å². The first kappa shape index (κ1) is 13.8. The van der Waals surface area contributed by atoms with E-state index in [4.69, 9.17) is 0 Å². The molecule has 0 saturated heterocycles. The quantitative estimate of drug-likeness (QED) is 0.619. The van der Waals surface area contributed by atoms with Crippen molar-refractivity contribution in [2.75, 3.05) is 11.9 Å². The first-order chi connectivity index (χ1) is 8.54. The van der Waals surface area contributed by atoms with Crippen molar-refractivity contribution < 1.29 is 18.4 Å². The standard InChI is InChI=1S/C12H12F2N2O2/c1-2-6-15-10(17)7-11(18)16-12-8(13)4-3-5-9(12)14/h2-5H,1,6-7H2,(H,15,17)(H,16,18). The van der Waals surface area contributed by atoms with Crippen molar-refractivity contribution >= 4 is 17.5 Å². The third-order valence-electron chi connectivity index (χ3n) is 1.99. The number of halogens is 2. The fourth-order valence-corrected chi connectivity index (χ4v) is 1.20. The molecule has 1 rings (SSSR count). The van der Waals surface area contributed by atoms with Gasteiger partial charge in [-0.2, -0.15) is 0 Å². The number of nitrogens with one attached hydrogen (secondary N) is 2. The van der Waals surface area contributed by atoms with Gasteiger partial charge in [-0.15, -0.1) is 6.58 Å². The number of hydrogen-bond acceptors (Lipinski definition) is 2. The van der Waals surface area contributed by atoms with E-state index in [1.165, 1.54) is 12.1 Å². The number of para-hydroxylation sites is 1. The first-order valence-corrected chi connectivity index (χ1v) is 5.16. The topological polar surface area (TPSA) is 58.2 Å². The molecule has 0 radical (unpaired) electrons. The largest absolute Gasteiger partial charge is 0.352 e. The third-order valence-corrected chi connectivity index (χ3v) is 1.99. The predicted octanol–water partition coefficient (Wildman–Crippen LogP) is 1.60. The molecule has 0 spiro atoms. The molecular formula is C12H12F2N2O2. The van der Waals surface area contributed by atoms with Gasteiger partial charge in [-0.3, -0.25) is 9.59 Å². The molecule has 0 aromatic heterocycles. The summed E-state index contributed by atoms with van der Waals surface area (Å²) in [5.41, 5.74) is -0.556. The summed E-state index contributed by atoms with van der Waals surface area (Å²) in [6.45, 7) is 3.61. The highest BCUT2D eigenvalue weighted by molar-refractivity contribution is 6.03. The molecular weight excluding hydrogens is 242 g/mol. The van der Waals surface area contributed by atoms with Crippen LogP contribution < -0.4 is 10.6 Å². The lowest BCUT2D eigenvalue weighted by atomic mass is 10.2. The van der Waals surface area contributed by atoms with E-state index in [-0.39, 0.29) is 6.54 Å². The van der Waals surface area contributed by atoms with Crippen LogP contribution in [0.15, 0.2) is 30.9 Å². The molecule has 0 fully saturated rings. The summed E-state index contributed by atoms with van der Waals surface area (Å²) in [7, 11) is 0. The molecule has 1 aromatic carbocycles. The van der Waals surface area contributed by atoms with Crippen molar-refractivity contribution in [3.63, 3.8) is 0 Å². The fourth-order valence-electron chi connectivity index (χ4n) is 1.20. The number of anilines is 1. The van der Waals surface area contributed by atoms with Crippen molar-refractivity contribution in [3.05, 3.63) is 42.5 Å². The maximum atomic E-state index is 13.2. The van der Waals surface area contributed by atoms with E-state index >= 15 is 0 Å². The van der Waals surface area contributed by atoms with Crippen LogP contribution in [-0.2, 0) is 9.59 Å². The van der Waals surface area contributed by atoms with Gasteiger partial charge in [0.25, 0.3) is 0 Å². The Labute approximate surface area is 103 Å². The van der Waals surface area contributed by atoms with Crippen LogP contribution in [0.2, 0.25) is 0 Å². The SMILES string of the molecule is C=CCNC(=O)CC(=O)Nc1c(F)cccc1F. The highest BCUT2D eigenvalue weighted by atomic mass is 19.1. The maximum Gasteiger partial charge on any atom is 0.233 e. The fraction of sp³-hybridized carbons (Fsp3) is 0.167. The average Bonchev–Trinajstić information content (AvgIpc) is 2.31. The lowest BCUT2D eigenvalue weighted by Crippen LogP contribution is -2.28. The van der Waals surface area contributed by atoms with Crippen molar-refractivity contribution in [1.29, 1.82) is 0 Å². The maximum absolute atomic E-state index is 13.2. The zero-order chi connectivity index (χ0) is 13.5. The third kappa shape index (κ3) is 3.97. The first-order valence-electron chi connectivity index (χ1n) is 5.16. The molecule has 0 bridgehead atoms. The molecule has 2 amide bonds. The smallest absolute Gasteiger partial charge is 0.233 e. The van der Waals surface area contributed by atoms with Gasteiger partial charge in [-0.25, -0.2) is 8.78 Å². The van der Waals surface area contributed by atoms with Crippen LogP contribution in [0.1, 0.15) is 6.42 Å². The number of rotatable bonds is 5. The van der Waals surface area contributed by atoms with Gasteiger partial charge in [0, 0.05) is 6.54 Å². The van der Waals surface area contributed by atoms with E-state index in [0.29, 0.717) is 0 Å². The summed E-state index contributed by atoms with van der Waals surface area (Å²) in [6.07, 6.45) is 0.938. The van der Waals surface area contributed by atoms with E-state index in [2.05, 4.69) is 11.9 Å². The lowest BCUT2D eigenvalue weighted by molar-refractivity contribution is -0.126. The molecule has 0 unspecified atom stereocenters. The molecule has 0 aliphatic carbocycles. The van der Waals surface area contributed by atoms with E-state index < -0.39 is 35.6 Å². The second kappa shape index (κ2) is 6.48. The summed E-state index contributed by atoms with van der Waals surface area (Å²) in [4.78, 5) is 22.5. The van der Waals surface area contributed by atoms with Crippen molar-refractivity contribution in [2.24, 2.45) is 0 Å². The van der Waals surface area contributed by atoms with Gasteiger partial charge >= 0.3 is 0 Å². The van der Waals surface area contributed by atoms with Crippen LogP contribution in [-0.4, -0.2) is 18.4 Å². The van der Waals surface area contributed by atoms with Gasteiger partial charge in [0.2, 0.25) is 11.8 Å². The minimum atomic E-state index is -0.894. The molecule has 0 aliphatic rings. The Kier molecular flexibility index (Phi) is 4.98. The second-order valence-corrected chi connectivity index (χ2v) is 3.41. The zero-order valence-corrected chi connectivity index (χ0v) is 9.50. The molecule has 0 saturated carbocycles. The average molecular weight is 254 g/mol. The molecule has 0 heterocycles. The number of hydrogen-bond donors (Lipinski definition) is 2. The highest BCUT2D eigenvalue weighted by Crippen LogP contribution is 2.17. The molecule has 2 N–H and O–H groups in total. The van der Waals surface area contributed by atoms with Gasteiger partial charge in [0.15, 0.2) is 0 Å². The molecule has 18 heavy (non-hydrogen) atoms. The van der Waals surface area contributed by atoms with Crippen LogP contribution in [0.3, 0.4) is 0 Å². The van der Waals surface area contributed by atoms with Gasteiger partial charge in [-0.05, 0) is 12.1 Å². The van der Waals surface area contributed by atoms with Crippen LogP contribution in [0, 0.1) is 11.6 Å². The predicted molar refractivity (Wildman–Crippen MR) is 62.8 cm³/mol. The second-order valence-electron chi connectivity index (χ2n) is 3.41. The number of carbonyl (C=O) groups is 2. The van der Waals surface area contributed by atoms with Crippen LogP contribution in [0.5, 0.6) is 0 Å². The van der Waals surface area contributed by atoms with Crippen molar-refractivity contribution in [2.45, 2.75) is 6.42 Å². The molecule has 0 aliphatic heterocycles. The molecule has 1 aromatic rings. The van der Waals surface area contributed by atoms with E-state index in [1.807, 2.05) is 5.32 Å². The summed E-state index contributed by atoms with van der Waals surface area (Å²) in [5, 5.41) is 4.38. The molecule has 6 heteroatoms. The van der Waals surface area contributed by atoms with Gasteiger partial charge in [0.1, 0.15) is 23.7 Å². The summed E-state index contributed by atoms with van der Waals surface area (Å²) >= 11 is 0. The Bertz CT molecular complexity index is 455. The minimum Gasteiger partial charge on any atom is -0.352 e. The van der Waals surface area contributed by atoms with Crippen molar-refractivity contribution in [3.8, 4) is 0 Å². The van der Waals surface area contributed by atoms with E-state index in [9.17, 15) is 18.4 Å². The summed E-state index contributed by atoms with van der Waals surface area (Å²) in [6, 6.07) is 3.20. The van der Waals surface area contributed by atoms with Crippen LogP contribution in [0.25, 0.3) is 0 Å². The van der Waals surface area contributed by atoms with Crippen LogP contribution in [0.4, 0.5) is 14.5 Å². The van der Waals surface area contributed by atoms with Gasteiger partial charge in [-0.1, -0.05) is 12.1 Å². The Morgan fingerprint density at radius 1 is 1.22 bits per heavy atom. The zero-order valence-electron chi connectivity index (χ0n) is 9.50. The molecule has 4 nitrogen and oxygen atoms in total. The normalized spacial score (nSPS) is 9.67. The molecule has 0 atom stereocenters. The summed E-state index contributed by atoms with van der Waals surface area (Å²) < 4.78 is 26.4. The molecule has 96 valence electrons. The van der Waals surface area contributed by atoms with E-state index in [1.54, 1.807) is 0 Å².